The third kappa shape index (κ3) is 5.82. The molecule has 7 nitrogen and oxygen atoms in total. The Kier molecular flexibility index (Phi) is 8.01. The molecule has 0 atom stereocenters. The largest absolute Gasteiger partial charge is 0.493 e. The summed E-state index contributed by atoms with van der Waals surface area (Å²) in [6.45, 7) is 0. The third-order valence-electron chi connectivity index (χ3n) is 3.90. The fourth-order valence-corrected chi connectivity index (χ4v) is 3.34. The fourth-order valence-electron chi connectivity index (χ4n) is 2.59. The Morgan fingerprint density at radius 2 is 1.68 bits per heavy atom. The van der Waals surface area contributed by atoms with Crippen LogP contribution in [0.15, 0.2) is 41.3 Å². The van der Waals surface area contributed by atoms with E-state index >= 15 is 0 Å². The number of hydrogen-bond acceptors (Lipinski definition) is 6. The highest BCUT2D eigenvalue weighted by molar-refractivity contribution is 8.00. The summed E-state index contributed by atoms with van der Waals surface area (Å²) in [5.74, 6) is 1.21. The maximum absolute atomic E-state index is 12.4. The molecule has 8 heteroatoms. The van der Waals surface area contributed by atoms with Gasteiger partial charge < -0.3 is 25.3 Å². The third-order valence-corrected chi connectivity index (χ3v) is 4.99. The minimum Gasteiger partial charge on any atom is -0.493 e. The van der Waals surface area contributed by atoms with E-state index in [-0.39, 0.29) is 18.1 Å². The van der Waals surface area contributed by atoms with Gasteiger partial charge in [0.05, 0.1) is 32.8 Å². The van der Waals surface area contributed by atoms with Crippen LogP contribution in [-0.4, -0.2) is 38.9 Å². The summed E-state index contributed by atoms with van der Waals surface area (Å²) in [7, 11) is 4.64. The van der Waals surface area contributed by atoms with Gasteiger partial charge in [-0.1, -0.05) is 12.1 Å². The van der Waals surface area contributed by atoms with Gasteiger partial charge in [0.1, 0.15) is 0 Å². The van der Waals surface area contributed by atoms with Crippen molar-refractivity contribution in [2.45, 2.75) is 17.7 Å². The molecule has 150 valence electrons. The van der Waals surface area contributed by atoms with E-state index in [1.165, 1.54) is 11.8 Å². The van der Waals surface area contributed by atoms with E-state index in [1.54, 1.807) is 27.4 Å². The Hall–Kier alpha value is -2.87. The predicted molar refractivity (Wildman–Crippen MR) is 109 cm³/mol. The van der Waals surface area contributed by atoms with Crippen molar-refractivity contribution in [3.05, 3.63) is 42.0 Å². The number of anilines is 1. The number of rotatable bonds is 10. The monoisotopic (exact) mass is 404 g/mol. The topological polar surface area (TPSA) is 99.9 Å². The Morgan fingerprint density at radius 1 is 1.04 bits per heavy atom. The van der Waals surface area contributed by atoms with Crippen LogP contribution in [-0.2, 0) is 16.0 Å². The lowest BCUT2D eigenvalue weighted by molar-refractivity contribution is -0.116. The highest BCUT2D eigenvalue weighted by atomic mass is 32.2. The van der Waals surface area contributed by atoms with Crippen molar-refractivity contribution in [1.82, 2.24) is 0 Å². The summed E-state index contributed by atoms with van der Waals surface area (Å²) in [4.78, 5) is 24.2. The number of aryl methyl sites for hydroxylation is 1. The Labute approximate surface area is 168 Å². The summed E-state index contributed by atoms with van der Waals surface area (Å²) in [6, 6.07) is 10.9. The van der Waals surface area contributed by atoms with Gasteiger partial charge in [0.15, 0.2) is 11.5 Å². The molecule has 0 aromatic heterocycles. The number of para-hydroxylation sites is 1. The molecule has 0 aliphatic heterocycles. The highest BCUT2D eigenvalue weighted by Crippen LogP contribution is 2.38. The van der Waals surface area contributed by atoms with Crippen molar-refractivity contribution >= 4 is 29.3 Å². The number of hydrogen-bond donors (Lipinski definition) is 2. The van der Waals surface area contributed by atoms with Crippen molar-refractivity contribution in [2.24, 2.45) is 5.73 Å². The van der Waals surface area contributed by atoms with Gasteiger partial charge in [0.2, 0.25) is 17.6 Å². The lowest BCUT2D eigenvalue weighted by atomic mass is 10.1. The first-order valence-corrected chi connectivity index (χ1v) is 9.56. The molecule has 2 aromatic rings. The van der Waals surface area contributed by atoms with Crippen molar-refractivity contribution in [3.8, 4) is 17.2 Å². The van der Waals surface area contributed by atoms with Gasteiger partial charge >= 0.3 is 0 Å². The molecule has 0 saturated carbocycles. The second-order valence-corrected chi connectivity index (χ2v) is 6.85. The highest BCUT2D eigenvalue weighted by Gasteiger charge is 2.14. The zero-order valence-electron chi connectivity index (χ0n) is 16.1. The first kappa shape index (κ1) is 21.4. The maximum Gasteiger partial charge on any atom is 0.227 e. The summed E-state index contributed by atoms with van der Waals surface area (Å²) in [6.07, 6.45) is 0.770. The average Bonchev–Trinajstić information content (AvgIpc) is 2.70. The summed E-state index contributed by atoms with van der Waals surface area (Å²) in [5.41, 5.74) is 6.74. The first-order valence-electron chi connectivity index (χ1n) is 8.57. The van der Waals surface area contributed by atoms with E-state index in [9.17, 15) is 9.59 Å². The molecule has 0 fully saturated rings. The second kappa shape index (κ2) is 10.5. The lowest BCUT2D eigenvalue weighted by Crippen LogP contribution is -2.15. The Morgan fingerprint density at radius 3 is 2.25 bits per heavy atom. The molecule has 2 amide bonds. The molecule has 0 radical (unpaired) electrons. The van der Waals surface area contributed by atoms with Crippen LogP contribution in [0.2, 0.25) is 0 Å². The first-order chi connectivity index (χ1) is 13.5. The number of methoxy groups -OCH3 is 3. The summed E-state index contributed by atoms with van der Waals surface area (Å²) in [5, 5.41) is 2.89. The minimum atomic E-state index is -0.409. The van der Waals surface area contributed by atoms with Crippen LogP contribution in [0, 0.1) is 0 Å². The zero-order chi connectivity index (χ0) is 20.5. The van der Waals surface area contributed by atoms with Gasteiger partial charge in [-0.3, -0.25) is 9.59 Å². The molecular weight excluding hydrogens is 380 g/mol. The molecule has 0 aliphatic carbocycles. The number of benzene rings is 2. The number of thioether (sulfide) groups is 1. The van der Waals surface area contributed by atoms with Crippen molar-refractivity contribution in [2.75, 3.05) is 32.4 Å². The van der Waals surface area contributed by atoms with Crippen LogP contribution >= 0.6 is 11.8 Å². The molecule has 0 unspecified atom stereocenters. The van der Waals surface area contributed by atoms with Gasteiger partial charge in [-0.2, -0.15) is 0 Å². The van der Waals surface area contributed by atoms with Crippen LogP contribution in [0.5, 0.6) is 17.2 Å². The number of carbonyl (C=O) groups is 2. The van der Waals surface area contributed by atoms with Crippen molar-refractivity contribution in [3.63, 3.8) is 0 Å². The molecule has 3 N–H and O–H groups in total. The van der Waals surface area contributed by atoms with E-state index in [0.717, 1.165) is 10.5 Å². The number of nitrogens with one attached hydrogen (secondary N) is 1. The van der Waals surface area contributed by atoms with Crippen LogP contribution in [0.4, 0.5) is 5.69 Å². The Balaban J connectivity index is 2.04. The van der Waals surface area contributed by atoms with Crippen LogP contribution < -0.4 is 25.3 Å². The lowest BCUT2D eigenvalue weighted by Gasteiger charge is -2.14. The smallest absolute Gasteiger partial charge is 0.227 e. The van der Waals surface area contributed by atoms with Crippen LogP contribution in [0.3, 0.4) is 0 Å². The van der Waals surface area contributed by atoms with E-state index in [1.807, 2.05) is 30.3 Å². The van der Waals surface area contributed by atoms with Gasteiger partial charge in [0.25, 0.3) is 0 Å². The fraction of sp³-hybridized carbons (Fsp3) is 0.300. The van der Waals surface area contributed by atoms with Crippen LogP contribution in [0.1, 0.15) is 12.0 Å². The standard InChI is InChI=1S/C20H24N2O5S/c1-25-15-10-13(11-16(26-2)20(15)27-3)8-9-19(24)22-14-6-4-5-7-17(14)28-12-18(21)23/h4-7,10-11H,8-9,12H2,1-3H3,(H2,21,23)(H,22,24). The summed E-state index contributed by atoms with van der Waals surface area (Å²) < 4.78 is 16.0. The molecule has 28 heavy (non-hydrogen) atoms. The molecule has 0 bridgehead atoms. The molecule has 2 rings (SSSR count). The SMILES string of the molecule is COc1cc(CCC(=O)Nc2ccccc2SCC(N)=O)cc(OC)c1OC. The molecule has 0 saturated heterocycles. The number of nitrogens with two attached hydrogens (primary N) is 1. The summed E-state index contributed by atoms with van der Waals surface area (Å²) >= 11 is 1.29. The normalized spacial score (nSPS) is 10.2. The average molecular weight is 404 g/mol. The van der Waals surface area contributed by atoms with Gasteiger partial charge in [-0.25, -0.2) is 0 Å². The van der Waals surface area contributed by atoms with E-state index in [2.05, 4.69) is 5.32 Å². The number of amides is 2. The van der Waals surface area contributed by atoms with Gasteiger partial charge in [-0.05, 0) is 36.2 Å². The number of carbonyl (C=O) groups excluding carboxylic acids is 2. The zero-order valence-corrected chi connectivity index (χ0v) is 16.9. The maximum atomic E-state index is 12.4. The molecule has 0 heterocycles. The van der Waals surface area contributed by atoms with Gasteiger partial charge in [-0.15, -0.1) is 11.8 Å². The number of primary amides is 1. The van der Waals surface area contributed by atoms with E-state index in [0.29, 0.717) is 29.4 Å². The molecule has 2 aromatic carbocycles. The quantitative estimate of drug-likeness (QED) is 0.591. The van der Waals surface area contributed by atoms with Gasteiger partial charge in [0, 0.05) is 11.3 Å². The predicted octanol–water partition coefficient (Wildman–Crippen LogP) is 2.86. The van der Waals surface area contributed by atoms with Crippen molar-refractivity contribution in [1.29, 1.82) is 0 Å². The van der Waals surface area contributed by atoms with E-state index < -0.39 is 5.91 Å². The molecule has 0 spiro atoms. The molecular formula is C20H24N2O5S. The van der Waals surface area contributed by atoms with Crippen molar-refractivity contribution < 1.29 is 23.8 Å². The molecule has 0 aliphatic rings. The Bertz CT molecular complexity index is 816. The minimum absolute atomic E-state index is 0.138. The van der Waals surface area contributed by atoms with E-state index in [4.69, 9.17) is 19.9 Å². The number of ether oxygens (including phenoxy) is 3. The van der Waals surface area contributed by atoms with Crippen LogP contribution in [0.25, 0.3) is 0 Å². The second-order valence-electron chi connectivity index (χ2n) is 5.83.